The van der Waals surface area contributed by atoms with Gasteiger partial charge >= 0.3 is 0 Å². The summed E-state index contributed by atoms with van der Waals surface area (Å²) in [6.07, 6.45) is 3.66. The highest BCUT2D eigenvalue weighted by Crippen LogP contribution is 2.35. The Morgan fingerprint density at radius 1 is 1.25 bits per heavy atom. The van der Waals surface area contributed by atoms with Crippen LogP contribution in [0.5, 0.6) is 0 Å². The van der Waals surface area contributed by atoms with Crippen molar-refractivity contribution in [3.05, 3.63) is 30.3 Å². The molecule has 1 aromatic carbocycles. The highest BCUT2D eigenvalue weighted by molar-refractivity contribution is 5.95. The number of fused-ring (bicyclic) bond motifs is 1. The van der Waals surface area contributed by atoms with Crippen LogP contribution in [0, 0.1) is 11.8 Å². The second-order valence-electron chi connectivity index (χ2n) is 7.41. The summed E-state index contributed by atoms with van der Waals surface area (Å²) in [6, 6.07) is 10.5. The third-order valence-electron chi connectivity index (χ3n) is 5.41. The highest BCUT2D eigenvalue weighted by atomic mass is 35.5. The van der Waals surface area contributed by atoms with E-state index in [1.807, 2.05) is 35.2 Å². The van der Waals surface area contributed by atoms with Gasteiger partial charge in [0.2, 0.25) is 5.91 Å². The van der Waals surface area contributed by atoms with Gasteiger partial charge in [0.25, 0.3) is 0 Å². The van der Waals surface area contributed by atoms with Gasteiger partial charge in [-0.3, -0.25) is 9.69 Å². The maximum Gasteiger partial charge on any atom is 0.241 e. The van der Waals surface area contributed by atoms with Gasteiger partial charge in [-0.05, 0) is 50.7 Å². The Bertz CT molecular complexity index is 537. The Balaban J connectivity index is 0.00000208. The molecule has 0 spiro atoms. The van der Waals surface area contributed by atoms with Crippen LogP contribution >= 0.6 is 12.4 Å². The van der Waals surface area contributed by atoms with Crippen molar-refractivity contribution in [1.82, 2.24) is 4.90 Å². The molecule has 3 rings (SSSR count). The molecule has 3 atom stereocenters. The van der Waals surface area contributed by atoms with Crippen LogP contribution in [-0.4, -0.2) is 42.5 Å². The number of hydrogen-bond acceptors (Lipinski definition) is 3. The van der Waals surface area contributed by atoms with E-state index in [4.69, 9.17) is 5.73 Å². The van der Waals surface area contributed by atoms with Crippen molar-refractivity contribution in [2.75, 3.05) is 24.5 Å². The monoisotopic (exact) mass is 351 g/mol. The molecular weight excluding hydrogens is 322 g/mol. The maximum absolute atomic E-state index is 12.9. The van der Waals surface area contributed by atoms with Crippen LogP contribution < -0.4 is 10.6 Å². The lowest BCUT2D eigenvalue weighted by atomic mass is 9.78. The van der Waals surface area contributed by atoms with Gasteiger partial charge in [-0.15, -0.1) is 12.4 Å². The van der Waals surface area contributed by atoms with Crippen LogP contribution in [0.2, 0.25) is 0 Å². The van der Waals surface area contributed by atoms with Crippen LogP contribution in [-0.2, 0) is 4.79 Å². The van der Waals surface area contributed by atoms with Crippen LogP contribution in [0.3, 0.4) is 0 Å². The fourth-order valence-electron chi connectivity index (χ4n) is 4.32. The summed E-state index contributed by atoms with van der Waals surface area (Å²) < 4.78 is 0. The van der Waals surface area contributed by atoms with E-state index in [-0.39, 0.29) is 24.4 Å². The number of carbonyl (C=O) groups excluding carboxylic acids is 1. The van der Waals surface area contributed by atoms with Gasteiger partial charge in [-0.25, -0.2) is 0 Å². The molecule has 0 radical (unpaired) electrons. The van der Waals surface area contributed by atoms with E-state index in [0.29, 0.717) is 24.4 Å². The van der Waals surface area contributed by atoms with Crippen molar-refractivity contribution in [3.63, 3.8) is 0 Å². The van der Waals surface area contributed by atoms with Crippen molar-refractivity contribution in [2.24, 2.45) is 17.6 Å². The van der Waals surface area contributed by atoms with Crippen LogP contribution in [0.25, 0.3) is 0 Å². The molecule has 1 saturated carbocycles. The van der Waals surface area contributed by atoms with E-state index in [9.17, 15) is 4.79 Å². The number of nitrogens with two attached hydrogens (primary N) is 1. The fraction of sp³-hybridized carbons (Fsp3) is 0.632. The lowest BCUT2D eigenvalue weighted by Gasteiger charge is -2.30. The van der Waals surface area contributed by atoms with Crippen molar-refractivity contribution >= 4 is 24.0 Å². The SMILES string of the molecule is CC(C)N(C(=O)CN1CC2CCCC(N)C2C1)c1ccccc1.Cl. The molecule has 0 aromatic heterocycles. The van der Waals surface area contributed by atoms with E-state index < -0.39 is 0 Å². The first kappa shape index (κ1) is 19.2. The first-order valence-corrected chi connectivity index (χ1v) is 8.91. The van der Waals surface area contributed by atoms with Crippen LogP contribution in [0.15, 0.2) is 30.3 Å². The summed E-state index contributed by atoms with van der Waals surface area (Å²) in [7, 11) is 0. The van der Waals surface area contributed by atoms with Crippen molar-refractivity contribution in [1.29, 1.82) is 0 Å². The topological polar surface area (TPSA) is 49.6 Å². The van der Waals surface area contributed by atoms with Gasteiger partial charge in [-0.1, -0.05) is 24.6 Å². The number of likely N-dealkylation sites (tertiary alicyclic amines) is 1. The average molecular weight is 352 g/mol. The standard InChI is InChI=1S/C19H29N3O.ClH/c1-14(2)22(16-8-4-3-5-9-16)19(23)13-21-11-15-7-6-10-18(20)17(15)12-21;/h3-5,8-9,14-15,17-18H,6-7,10-13,20H2,1-2H3;1H. The van der Waals surface area contributed by atoms with E-state index in [0.717, 1.165) is 25.2 Å². The molecule has 2 fully saturated rings. The minimum atomic E-state index is 0. The third-order valence-corrected chi connectivity index (χ3v) is 5.41. The number of halogens is 1. The van der Waals surface area contributed by atoms with Gasteiger partial charge in [0, 0.05) is 30.9 Å². The first-order valence-electron chi connectivity index (χ1n) is 8.91. The van der Waals surface area contributed by atoms with Gasteiger partial charge in [0.15, 0.2) is 0 Å². The number of para-hydroxylation sites is 1. The number of benzene rings is 1. The summed E-state index contributed by atoms with van der Waals surface area (Å²) in [5.74, 6) is 1.47. The predicted octanol–water partition coefficient (Wildman–Crippen LogP) is 2.91. The second-order valence-corrected chi connectivity index (χ2v) is 7.41. The summed E-state index contributed by atoms with van der Waals surface area (Å²) in [4.78, 5) is 17.1. The fourth-order valence-corrected chi connectivity index (χ4v) is 4.32. The number of amides is 1. The third kappa shape index (κ3) is 4.11. The number of rotatable bonds is 4. The van der Waals surface area contributed by atoms with E-state index in [1.165, 1.54) is 12.8 Å². The number of anilines is 1. The summed E-state index contributed by atoms with van der Waals surface area (Å²) in [5.41, 5.74) is 7.28. The Labute approximate surface area is 151 Å². The van der Waals surface area contributed by atoms with Gasteiger partial charge < -0.3 is 10.6 Å². The highest BCUT2D eigenvalue weighted by Gasteiger charge is 2.39. The lowest BCUT2D eigenvalue weighted by molar-refractivity contribution is -0.119. The Morgan fingerprint density at radius 3 is 2.58 bits per heavy atom. The molecule has 3 unspecified atom stereocenters. The van der Waals surface area contributed by atoms with Gasteiger partial charge in [0.1, 0.15) is 0 Å². The summed E-state index contributed by atoms with van der Waals surface area (Å²) >= 11 is 0. The van der Waals surface area contributed by atoms with E-state index in [1.54, 1.807) is 0 Å². The molecule has 1 saturated heterocycles. The van der Waals surface area contributed by atoms with Crippen molar-refractivity contribution < 1.29 is 4.79 Å². The number of hydrogen-bond donors (Lipinski definition) is 1. The van der Waals surface area contributed by atoms with E-state index in [2.05, 4.69) is 18.7 Å². The molecule has 1 aliphatic heterocycles. The quantitative estimate of drug-likeness (QED) is 0.907. The lowest BCUT2D eigenvalue weighted by Crippen LogP contribution is -2.44. The normalized spacial score (nSPS) is 26.8. The molecule has 2 aliphatic rings. The molecule has 1 heterocycles. The maximum atomic E-state index is 12.9. The molecular formula is C19H30ClN3O. The zero-order valence-corrected chi connectivity index (χ0v) is 15.5. The van der Waals surface area contributed by atoms with Gasteiger partial charge in [-0.2, -0.15) is 0 Å². The number of nitrogens with zero attached hydrogens (tertiary/aromatic N) is 2. The molecule has 24 heavy (non-hydrogen) atoms. The molecule has 1 amide bonds. The second kappa shape index (κ2) is 8.32. The van der Waals surface area contributed by atoms with Crippen LogP contribution in [0.1, 0.15) is 33.1 Å². The largest absolute Gasteiger partial charge is 0.327 e. The average Bonchev–Trinajstić information content (AvgIpc) is 2.92. The molecule has 0 bridgehead atoms. The molecule has 4 nitrogen and oxygen atoms in total. The van der Waals surface area contributed by atoms with Gasteiger partial charge in [0.05, 0.1) is 6.54 Å². The van der Waals surface area contributed by atoms with E-state index >= 15 is 0 Å². The zero-order valence-electron chi connectivity index (χ0n) is 14.7. The van der Waals surface area contributed by atoms with Crippen molar-refractivity contribution in [3.8, 4) is 0 Å². The zero-order chi connectivity index (χ0) is 16.4. The molecule has 1 aliphatic carbocycles. The molecule has 2 N–H and O–H groups in total. The first-order chi connectivity index (χ1) is 11.1. The Kier molecular flexibility index (Phi) is 6.67. The molecule has 134 valence electrons. The Morgan fingerprint density at radius 2 is 1.96 bits per heavy atom. The predicted molar refractivity (Wildman–Crippen MR) is 102 cm³/mol. The minimum absolute atomic E-state index is 0. The minimum Gasteiger partial charge on any atom is -0.327 e. The summed E-state index contributed by atoms with van der Waals surface area (Å²) in [5, 5.41) is 0. The Hall–Kier alpha value is -1.10. The number of carbonyl (C=O) groups is 1. The molecule has 1 aromatic rings. The van der Waals surface area contributed by atoms with Crippen LogP contribution in [0.4, 0.5) is 5.69 Å². The summed E-state index contributed by atoms with van der Waals surface area (Å²) in [6.45, 7) is 6.67. The van der Waals surface area contributed by atoms with Crippen molar-refractivity contribution in [2.45, 2.75) is 45.2 Å². The molecule has 5 heteroatoms. The smallest absolute Gasteiger partial charge is 0.241 e.